The molecule has 0 aliphatic heterocycles. The van der Waals surface area contributed by atoms with Crippen molar-refractivity contribution < 1.29 is 22.3 Å². The van der Waals surface area contributed by atoms with Crippen LogP contribution in [0.3, 0.4) is 0 Å². The van der Waals surface area contributed by atoms with Crippen molar-refractivity contribution in [2.45, 2.75) is 6.36 Å². The van der Waals surface area contributed by atoms with Crippen LogP contribution in [-0.2, 0) is 0 Å². The molecule has 0 saturated carbocycles. The van der Waals surface area contributed by atoms with E-state index in [9.17, 15) is 13.2 Å². The number of rotatable bonds is 3. The summed E-state index contributed by atoms with van der Waals surface area (Å²) in [6.07, 6.45) is -4.70. The lowest BCUT2D eigenvalue weighted by atomic mass is 10.1. The molecule has 0 aliphatic rings. The summed E-state index contributed by atoms with van der Waals surface area (Å²) in [4.78, 5) is 0. The van der Waals surface area contributed by atoms with Gasteiger partial charge in [0.05, 0.1) is 34.2 Å². The maximum atomic E-state index is 12.3. The van der Waals surface area contributed by atoms with E-state index in [-0.39, 0.29) is 5.75 Å². The maximum absolute atomic E-state index is 12.3. The smallest absolute Gasteiger partial charge is 0.454 e. The third-order valence-electron chi connectivity index (χ3n) is 3.89. The van der Waals surface area contributed by atoms with Gasteiger partial charge in [0, 0.05) is 10.8 Å². The molecule has 0 amide bonds. The second kappa shape index (κ2) is 6.39. The first kappa shape index (κ1) is 17.0. The monoisotopic (exact) mass is 469 g/mol. The Labute approximate surface area is 160 Å². The molecular weight excluding hydrogens is 458 g/mol. The standard InChI is InChI=1S/C19H11F3INO2/c20-19(21,22)26-13-10-8-12(9-11-13)24(23)16-6-3-5-15-14-4-1-2-7-17(14)25-18(15)16/h1-11H. The number of halogens is 4. The largest absolute Gasteiger partial charge is 0.573 e. The maximum Gasteiger partial charge on any atom is 0.573 e. The Kier molecular flexibility index (Phi) is 4.18. The number of alkyl halides is 3. The van der Waals surface area contributed by atoms with E-state index in [1.54, 1.807) is 12.1 Å². The van der Waals surface area contributed by atoms with E-state index in [0.29, 0.717) is 5.69 Å². The predicted octanol–water partition coefficient (Wildman–Crippen LogP) is 6.97. The first-order chi connectivity index (χ1) is 12.4. The topological polar surface area (TPSA) is 25.6 Å². The molecule has 3 aromatic carbocycles. The van der Waals surface area contributed by atoms with Crippen LogP contribution < -0.4 is 7.85 Å². The van der Waals surface area contributed by atoms with E-state index < -0.39 is 6.36 Å². The average molecular weight is 469 g/mol. The highest BCUT2D eigenvalue weighted by molar-refractivity contribution is 14.1. The fourth-order valence-corrected chi connectivity index (χ4v) is 3.51. The van der Waals surface area contributed by atoms with Crippen LogP contribution in [-0.4, -0.2) is 6.36 Å². The highest BCUT2D eigenvalue weighted by Gasteiger charge is 2.31. The number of fused-ring (bicyclic) bond motifs is 3. The van der Waals surface area contributed by atoms with Gasteiger partial charge in [-0.15, -0.1) is 13.2 Å². The van der Waals surface area contributed by atoms with Gasteiger partial charge in [0.25, 0.3) is 0 Å². The zero-order valence-electron chi connectivity index (χ0n) is 13.1. The van der Waals surface area contributed by atoms with Crippen molar-refractivity contribution in [2.75, 3.05) is 3.11 Å². The lowest BCUT2D eigenvalue weighted by Gasteiger charge is -2.17. The number of anilines is 2. The van der Waals surface area contributed by atoms with Gasteiger partial charge < -0.3 is 9.15 Å². The highest BCUT2D eigenvalue weighted by Crippen LogP contribution is 2.40. The van der Waals surface area contributed by atoms with Crippen molar-refractivity contribution in [3.05, 3.63) is 66.7 Å². The van der Waals surface area contributed by atoms with Crippen LogP contribution in [0.1, 0.15) is 0 Å². The van der Waals surface area contributed by atoms with Crippen LogP contribution >= 0.6 is 22.9 Å². The molecule has 1 heterocycles. The molecule has 0 fully saturated rings. The van der Waals surface area contributed by atoms with Crippen LogP contribution in [0.2, 0.25) is 0 Å². The van der Waals surface area contributed by atoms with Crippen molar-refractivity contribution in [1.29, 1.82) is 0 Å². The third kappa shape index (κ3) is 3.18. The number of hydrogen-bond donors (Lipinski definition) is 0. The van der Waals surface area contributed by atoms with Gasteiger partial charge in [0.2, 0.25) is 0 Å². The van der Waals surface area contributed by atoms with Gasteiger partial charge in [-0.1, -0.05) is 30.3 Å². The minimum Gasteiger partial charge on any atom is -0.454 e. The molecule has 1 aromatic heterocycles. The molecule has 0 N–H and O–H groups in total. The van der Waals surface area contributed by atoms with Crippen molar-refractivity contribution in [3.63, 3.8) is 0 Å². The fourth-order valence-electron chi connectivity index (χ4n) is 2.80. The molecule has 0 atom stereocenters. The lowest BCUT2D eigenvalue weighted by molar-refractivity contribution is -0.274. The Balaban J connectivity index is 1.73. The fraction of sp³-hybridized carbons (Fsp3) is 0.0526. The summed E-state index contributed by atoms with van der Waals surface area (Å²) >= 11 is 2.10. The normalized spacial score (nSPS) is 11.8. The van der Waals surface area contributed by atoms with Crippen LogP contribution in [0.25, 0.3) is 21.9 Å². The Morgan fingerprint density at radius 2 is 1.54 bits per heavy atom. The Morgan fingerprint density at radius 3 is 2.27 bits per heavy atom. The lowest BCUT2D eigenvalue weighted by Crippen LogP contribution is -2.17. The zero-order valence-corrected chi connectivity index (χ0v) is 15.3. The van der Waals surface area contributed by atoms with E-state index >= 15 is 0 Å². The summed E-state index contributed by atoms with van der Waals surface area (Å²) in [5.74, 6) is -0.256. The van der Waals surface area contributed by atoms with Crippen molar-refractivity contribution in [3.8, 4) is 5.75 Å². The van der Waals surface area contributed by atoms with Crippen LogP contribution in [0.15, 0.2) is 71.1 Å². The van der Waals surface area contributed by atoms with Gasteiger partial charge in [-0.05, 0) is 36.4 Å². The summed E-state index contributed by atoms with van der Waals surface area (Å²) in [6, 6.07) is 19.3. The summed E-state index contributed by atoms with van der Waals surface area (Å²) in [7, 11) is 0. The summed E-state index contributed by atoms with van der Waals surface area (Å²) in [5, 5.41) is 2.00. The predicted molar refractivity (Wildman–Crippen MR) is 103 cm³/mol. The van der Waals surface area contributed by atoms with Crippen LogP contribution in [0, 0.1) is 0 Å². The van der Waals surface area contributed by atoms with Crippen molar-refractivity contribution in [1.82, 2.24) is 0 Å². The highest BCUT2D eigenvalue weighted by atomic mass is 127. The molecule has 0 aliphatic carbocycles. The van der Waals surface area contributed by atoms with Crippen molar-refractivity contribution >= 4 is 56.2 Å². The molecule has 4 aromatic rings. The van der Waals surface area contributed by atoms with Gasteiger partial charge in [-0.3, -0.25) is 3.11 Å². The van der Waals surface area contributed by atoms with Crippen molar-refractivity contribution in [2.24, 2.45) is 0 Å². The number of hydrogen-bond acceptors (Lipinski definition) is 3. The Hall–Kier alpha value is -2.42. The number of para-hydroxylation sites is 2. The molecule has 26 heavy (non-hydrogen) atoms. The molecule has 7 heteroatoms. The van der Waals surface area contributed by atoms with Crippen LogP contribution in [0.5, 0.6) is 5.75 Å². The minimum absolute atomic E-state index is 0.256. The molecule has 3 nitrogen and oxygen atoms in total. The molecule has 4 rings (SSSR count). The van der Waals surface area contributed by atoms with E-state index in [0.717, 1.165) is 27.6 Å². The summed E-state index contributed by atoms with van der Waals surface area (Å²) in [5.41, 5.74) is 3.02. The van der Waals surface area contributed by atoms with Crippen LogP contribution in [0.4, 0.5) is 24.5 Å². The van der Waals surface area contributed by atoms with E-state index in [1.807, 2.05) is 45.6 Å². The second-order valence-corrected chi connectivity index (χ2v) is 6.54. The Bertz CT molecular complexity index is 1070. The first-order valence-electron chi connectivity index (χ1n) is 7.64. The van der Waals surface area contributed by atoms with Gasteiger partial charge in [-0.25, -0.2) is 0 Å². The second-order valence-electron chi connectivity index (χ2n) is 5.57. The summed E-state index contributed by atoms with van der Waals surface area (Å²) < 4.78 is 48.6. The molecular formula is C19H11F3INO2. The molecule has 0 radical (unpaired) electrons. The van der Waals surface area contributed by atoms with Gasteiger partial charge in [-0.2, -0.15) is 0 Å². The number of furan rings is 1. The van der Waals surface area contributed by atoms with E-state index in [4.69, 9.17) is 4.42 Å². The van der Waals surface area contributed by atoms with E-state index in [1.165, 1.54) is 12.1 Å². The quantitative estimate of drug-likeness (QED) is 0.239. The number of ether oxygens (including phenoxy) is 1. The number of benzene rings is 3. The molecule has 0 unspecified atom stereocenters. The van der Waals surface area contributed by atoms with Gasteiger partial charge in [0.1, 0.15) is 11.3 Å². The molecule has 132 valence electrons. The zero-order chi connectivity index (χ0) is 18.3. The molecule has 0 saturated heterocycles. The number of nitrogens with zero attached hydrogens (tertiary/aromatic N) is 1. The third-order valence-corrected chi connectivity index (χ3v) is 4.97. The molecule has 0 bridgehead atoms. The first-order valence-corrected chi connectivity index (χ1v) is 8.61. The SMILES string of the molecule is FC(F)(F)Oc1ccc(N(I)c2cccc3c2oc2ccccc23)cc1. The van der Waals surface area contributed by atoms with Gasteiger partial charge in [0.15, 0.2) is 5.58 Å². The van der Waals surface area contributed by atoms with Gasteiger partial charge >= 0.3 is 6.36 Å². The molecule has 0 spiro atoms. The van der Waals surface area contributed by atoms with E-state index in [2.05, 4.69) is 27.6 Å². The summed E-state index contributed by atoms with van der Waals surface area (Å²) in [6.45, 7) is 0. The Morgan fingerprint density at radius 1 is 0.846 bits per heavy atom. The minimum atomic E-state index is -4.70. The average Bonchev–Trinajstić information content (AvgIpc) is 2.99.